The van der Waals surface area contributed by atoms with Gasteiger partial charge in [-0.25, -0.2) is 0 Å². The SMILES string of the molecule is N#Cc1ccccc1-c1ccccc1C(=O)Nc1ccc(NC(=O)c2ccco2)cc1. The first-order valence-corrected chi connectivity index (χ1v) is 9.50. The second-order valence-electron chi connectivity index (χ2n) is 6.67. The number of benzene rings is 3. The predicted molar refractivity (Wildman–Crippen MR) is 118 cm³/mol. The third-order valence-corrected chi connectivity index (χ3v) is 4.65. The van der Waals surface area contributed by atoms with Gasteiger partial charge in [0.15, 0.2) is 5.76 Å². The number of carbonyl (C=O) groups is 2. The average molecular weight is 407 g/mol. The predicted octanol–water partition coefficient (Wildman–Crippen LogP) is 5.32. The monoisotopic (exact) mass is 407 g/mol. The van der Waals surface area contributed by atoms with Gasteiger partial charge < -0.3 is 15.1 Å². The van der Waals surface area contributed by atoms with Gasteiger partial charge >= 0.3 is 0 Å². The van der Waals surface area contributed by atoms with Gasteiger partial charge in [0.25, 0.3) is 11.8 Å². The van der Waals surface area contributed by atoms with Crippen molar-refractivity contribution in [2.45, 2.75) is 0 Å². The molecule has 0 saturated carbocycles. The van der Waals surface area contributed by atoms with E-state index in [1.54, 1.807) is 60.7 Å². The van der Waals surface area contributed by atoms with E-state index in [1.165, 1.54) is 6.26 Å². The van der Waals surface area contributed by atoms with Crippen LogP contribution in [-0.4, -0.2) is 11.8 Å². The molecular weight excluding hydrogens is 390 g/mol. The van der Waals surface area contributed by atoms with Gasteiger partial charge in [0, 0.05) is 22.5 Å². The summed E-state index contributed by atoms with van der Waals surface area (Å²) >= 11 is 0. The largest absolute Gasteiger partial charge is 0.459 e. The van der Waals surface area contributed by atoms with Crippen molar-refractivity contribution in [3.63, 3.8) is 0 Å². The van der Waals surface area contributed by atoms with E-state index >= 15 is 0 Å². The maximum atomic E-state index is 12.9. The molecule has 0 fully saturated rings. The van der Waals surface area contributed by atoms with Crippen LogP contribution in [0.3, 0.4) is 0 Å². The third kappa shape index (κ3) is 4.36. The van der Waals surface area contributed by atoms with Crippen LogP contribution in [0.25, 0.3) is 11.1 Å². The van der Waals surface area contributed by atoms with Crippen molar-refractivity contribution in [3.05, 3.63) is 108 Å². The maximum absolute atomic E-state index is 12.9. The molecule has 1 aromatic heterocycles. The Bertz CT molecular complexity index is 1270. The Hall–Kier alpha value is -4.63. The highest BCUT2D eigenvalue weighted by Crippen LogP contribution is 2.27. The summed E-state index contributed by atoms with van der Waals surface area (Å²) < 4.78 is 5.07. The molecule has 0 atom stereocenters. The first-order valence-electron chi connectivity index (χ1n) is 9.50. The van der Waals surface area contributed by atoms with E-state index in [0.29, 0.717) is 33.6 Å². The molecule has 0 unspecified atom stereocenters. The minimum Gasteiger partial charge on any atom is -0.459 e. The fraction of sp³-hybridized carbons (Fsp3) is 0. The number of rotatable bonds is 5. The van der Waals surface area contributed by atoms with Gasteiger partial charge in [0.1, 0.15) is 0 Å². The Labute approximate surface area is 178 Å². The van der Waals surface area contributed by atoms with Gasteiger partial charge in [-0.1, -0.05) is 36.4 Å². The van der Waals surface area contributed by atoms with Crippen molar-refractivity contribution in [1.29, 1.82) is 5.26 Å². The molecule has 0 saturated heterocycles. The number of carbonyl (C=O) groups excluding carboxylic acids is 2. The normalized spacial score (nSPS) is 10.2. The summed E-state index contributed by atoms with van der Waals surface area (Å²) in [5, 5.41) is 15.0. The van der Waals surface area contributed by atoms with Crippen LogP contribution < -0.4 is 10.6 Å². The topological polar surface area (TPSA) is 95.1 Å². The van der Waals surface area contributed by atoms with Crippen LogP contribution in [0.5, 0.6) is 0 Å². The van der Waals surface area contributed by atoms with Crippen molar-refractivity contribution < 1.29 is 14.0 Å². The number of hydrogen-bond donors (Lipinski definition) is 2. The maximum Gasteiger partial charge on any atom is 0.291 e. The van der Waals surface area contributed by atoms with Crippen LogP contribution in [-0.2, 0) is 0 Å². The molecule has 1 heterocycles. The van der Waals surface area contributed by atoms with Crippen LogP contribution in [0.1, 0.15) is 26.5 Å². The number of anilines is 2. The van der Waals surface area contributed by atoms with E-state index in [2.05, 4.69) is 16.7 Å². The van der Waals surface area contributed by atoms with Crippen LogP contribution >= 0.6 is 0 Å². The van der Waals surface area contributed by atoms with E-state index in [4.69, 9.17) is 4.42 Å². The van der Waals surface area contributed by atoms with Crippen LogP contribution in [0.4, 0.5) is 11.4 Å². The van der Waals surface area contributed by atoms with E-state index in [9.17, 15) is 14.9 Å². The van der Waals surface area contributed by atoms with Crippen LogP contribution in [0.15, 0.2) is 95.6 Å². The van der Waals surface area contributed by atoms with Gasteiger partial charge in [-0.3, -0.25) is 9.59 Å². The summed E-state index contributed by atoms with van der Waals surface area (Å²) in [6, 6.07) is 26.5. The molecular formula is C25H17N3O3. The molecule has 31 heavy (non-hydrogen) atoms. The highest BCUT2D eigenvalue weighted by atomic mass is 16.3. The molecule has 0 aliphatic rings. The molecule has 4 aromatic rings. The minimum absolute atomic E-state index is 0.214. The summed E-state index contributed by atoms with van der Waals surface area (Å²) in [4.78, 5) is 25.0. The number of furan rings is 1. The number of hydrogen-bond acceptors (Lipinski definition) is 4. The van der Waals surface area contributed by atoms with Crippen molar-refractivity contribution >= 4 is 23.2 Å². The molecule has 3 aromatic carbocycles. The Kier molecular flexibility index (Phi) is 5.59. The number of amides is 2. The molecule has 0 aliphatic carbocycles. The van der Waals surface area contributed by atoms with Gasteiger partial charge in [0.2, 0.25) is 0 Å². The highest BCUT2D eigenvalue weighted by Gasteiger charge is 2.15. The first-order chi connectivity index (χ1) is 15.2. The van der Waals surface area contributed by atoms with E-state index in [1.807, 2.05) is 24.3 Å². The molecule has 0 radical (unpaired) electrons. The zero-order chi connectivity index (χ0) is 21.6. The van der Waals surface area contributed by atoms with E-state index in [-0.39, 0.29) is 17.6 Å². The zero-order valence-electron chi connectivity index (χ0n) is 16.3. The summed E-state index contributed by atoms with van der Waals surface area (Å²) in [5.41, 5.74) is 3.48. The van der Waals surface area contributed by atoms with E-state index in [0.717, 1.165) is 0 Å². The molecule has 2 amide bonds. The van der Waals surface area contributed by atoms with Crippen LogP contribution in [0, 0.1) is 11.3 Å². The standard InChI is InChI=1S/C25H17N3O3/c26-16-17-6-1-2-7-20(17)21-8-3-4-9-22(21)24(29)27-18-11-13-19(14-12-18)28-25(30)23-10-5-15-31-23/h1-15H,(H,27,29)(H,28,30). The Morgan fingerprint density at radius 2 is 1.32 bits per heavy atom. The van der Waals surface area contributed by atoms with E-state index < -0.39 is 0 Å². The summed E-state index contributed by atoms with van der Waals surface area (Å²) in [6.45, 7) is 0. The molecule has 0 bridgehead atoms. The van der Waals surface area contributed by atoms with Gasteiger partial charge in [-0.2, -0.15) is 5.26 Å². The van der Waals surface area contributed by atoms with Gasteiger partial charge in [-0.15, -0.1) is 0 Å². The fourth-order valence-electron chi connectivity index (χ4n) is 3.17. The molecule has 0 aliphatic heterocycles. The fourth-order valence-corrected chi connectivity index (χ4v) is 3.17. The summed E-state index contributed by atoms with van der Waals surface area (Å²) in [5.74, 6) is -0.436. The molecule has 2 N–H and O–H groups in total. The zero-order valence-corrected chi connectivity index (χ0v) is 16.3. The van der Waals surface area contributed by atoms with Crippen molar-refractivity contribution in [2.24, 2.45) is 0 Å². The third-order valence-electron chi connectivity index (χ3n) is 4.65. The quantitative estimate of drug-likeness (QED) is 0.468. The minimum atomic E-state index is -0.355. The lowest BCUT2D eigenvalue weighted by atomic mass is 9.95. The van der Waals surface area contributed by atoms with Gasteiger partial charge in [0.05, 0.1) is 17.9 Å². The lowest BCUT2D eigenvalue weighted by Gasteiger charge is -2.12. The lowest BCUT2D eigenvalue weighted by molar-refractivity contribution is 0.0994. The second kappa shape index (κ2) is 8.80. The Morgan fingerprint density at radius 3 is 1.97 bits per heavy atom. The smallest absolute Gasteiger partial charge is 0.291 e. The number of nitrogens with zero attached hydrogens (tertiary/aromatic N) is 1. The summed E-state index contributed by atoms with van der Waals surface area (Å²) in [6.07, 6.45) is 1.43. The summed E-state index contributed by atoms with van der Waals surface area (Å²) in [7, 11) is 0. The van der Waals surface area contributed by atoms with Crippen molar-refractivity contribution in [1.82, 2.24) is 0 Å². The molecule has 6 nitrogen and oxygen atoms in total. The molecule has 6 heteroatoms. The van der Waals surface area contributed by atoms with Crippen molar-refractivity contribution in [2.75, 3.05) is 10.6 Å². The van der Waals surface area contributed by atoms with Gasteiger partial charge in [-0.05, 0) is 54.1 Å². The Morgan fingerprint density at radius 1 is 0.710 bits per heavy atom. The molecule has 4 rings (SSSR count). The average Bonchev–Trinajstić information content (AvgIpc) is 3.35. The highest BCUT2D eigenvalue weighted by molar-refractivity contribution is 6.09. The lowest BCUT2D eigenvalue weighted by Crippen LogP contribution is -2.14. The number of nitrogens with one attached hydrogen (secondary N) is 2. The van der Waals surface area contributed by atoms with Crippen LogP contribution in [0.2, 0.25) is 0 Å². The molecule has 0 spiro atoms. The Balaban J connectivity index is 1.52. The second-order valence-corrected chi connectivity index (χ2v) is 6.67. The number of nitriles is 1. The van der Waals surface area contributed by atoms with Crippen molar-refractivity contribution in [3.8, 4) is 17.2 Å². The first kappa shape index (κ1) is 19.7. The molecule has 150 valence electrons.